The average molecular weight is 348 g/mol. The van der Waals surface area contributed by atoms with Gasteiger partial charge in [0.2, 0.25) is 0 Å². The molecular formula is C22H24N2O2. The second kappa shape index (κ2) is 7.56. The molecule has 0 unspecified atom stereocenters. The normalized spacial score (nSPS) is 14.5. The number of imide groups is 1. The minimum Gasteiger partial charge on any atom is -0.337 e. The molecule has 1 heterocycles. The first-order valence-corrected chi connectivity index (χ1v) is 9.03. The van der Waals surface area contributed by atoms with Crippen LogP contribution >= 0.6 is 0 Å². The lowest BCUT2D eigenvalue weighted by Gasteiger charge is -2.25. The first-order chi connectivity index (χ1) is 12.5. The molecule has 0 aliphatic carbocycles. The van der Waals surface area contributed by atoms with Gasteiger partial charge in [0.25, 0.3) is 11.8 Å². The Bertz CT molecular complexity index is 826. The van der Waals surface area contributed by atoms with Crippen LogP contribution in [0.1, 0.15) is 26.3 Å². The largest absolute Gasteiger partial charge is 0.337 e. The van der Waals surface area contributed by atoms with Gasteiger partial charge < -0.3 is 4.90 Å². The summed E-state index contributed by atoms with van der Waals surface area (Å²) in [4.78, 5) is 29.7. The Labute approximate surface area is 154 Å². The number of likely N-dealkylation sites (N-methyl/N-ethyl adjacent to an activating group) is 1. The van der Waals surface area contributed by atoms with Crippen molar-refractivity contribution < 1.29 is 9.59 Å². The summed E-state index contributed by atoms with van der Waals surface area (Å²) in [6, 6.07) is 19.2. The van der Waals surface area contributed by atoms with E-state index in [0.717, 1.165) is 11.3 Å². The molecule has 0 saturated heterocycles. The Balaban J connectivity index is 2.16. The number of carbonyl (C=O) groups excluding carboxylic acids is 2. The van der Waals surface area contributed by atoms with Crippen molar-refractivity contribution in [3.05, 3.63) is 71.9 Å². The summed E-state index contributed by atoms with van der Waals surface area (Å²) in [5.41, 5.74) is 2.64. The van der Waals surface area contributed by atoms with Crippen LogP contribution in [0.5, 0.6) is 0 Å². The van der Waals surface area contributed by atoms with E-state index in [4.69, 9.17) is 0 Å². The molecular weight excluding hydrogens is 324 g/mol. The van der Waals surface area contributed by atoms with Gasteiger partial charge in [-0.2, -0.15) is 0 Å². The van der Waals surface area contributed by atoms with Gasteiger partial charge in [-0.25, -0.2) is 0 Å². The SMILES string of the molecule is CCN(C1=C(c2ccccc2)C(=O)N(CC(C)C)C1=O)c1ccccc1. The van der Waals surface area contributed by atoms with E-state index in [9.17, 15) is 9.59 Å². The Morgan fingerprint density at radius 1 is 0.885 bits per heavy atom. The van der Waals surface area contributed by atoms with E-state index in [1.54, 1.807) is 0 Å². The highest BCUT2D eigenvalue weighted by atomic mass is 16.2. The quantitative estimate of drug-likeness (QED) is 0.742. The fourth-order valence-corrected chi connectivity index (χ4v) is 3.29. The minimum absolute atomic E-state index is 0.209. The van der Waals surface area contributed by atoms with Crippen molar-refractivity contribution in [2.45, 2.75) is 20.8 Å². The number of anilines is 1. The van der Waals surface area contributed by atoms with Gasteiger partial charge in [0.1, 0.15) is 5.70 Å². The van der Waals surface area contributed by atoms with Crippen LogP contribution in [0.2, 0.25) is 0 Å². The molecule has 134 valence electrons. The Morgan fingerprint density at radius 2 is 1.46 bits per heavy atom. The monoisotopic (exact) mass is 348 g/mol. The first-order valence-electron chi connectivity index (χ1n) is 9.03. The molecule has 1 aliphatic rings. The zero-order valence-corrected chi connectivity index (χ0v) is 15.5. The summed E-state index contributed by atoms with van der Waals surface area (Å²) in [6.07, 6.45) is 0. The third kappa shape index (κ3) is 3.27. The zero-order chi connectivity index (χ0) is 18.7. The molecule has 4 heteroatoms. The summed E-state index contributed by atoms with van der Waals surface area (Å²) < 4.78 is 0. The molecule has 0 atom stereocenters. The minimum atomic E-state index is -0.215. The molecule has 0 saturated carbocycles. The molecule has 0 bridgehead atoms. The average Bonchev–Trinajstić information content (AvgIpc) is 2.89. The molecule has 2 aromatic rings. The van der Waals surface area contributed by atoms with Crippen molar-refractivity contribution in [3.63, 3.8) is 0 Å². The van der Waals surface area contributed by atoms with Crippen molar-refractivity contribution in [1.82, 2.24) is 4.90 Å². The Morgan fingerprint density at radius 3 is 2.00 bits per heavy atom. The topological polar surface area (TPSA) is 40.6 Å². The maximum atomic E-state index is 13.2. The lowest BCUT2D eigenvalue weighted by atomic mass is 10.0. The van der Waals surface area contributed by atoms with Crippen molar-refractivity contribution in [2.24, 2.45) is 5.92 Å². The Hall–Kier alpha value is -2.88. The van der Waals surface area contributed by atoms with Gasteiger partial charge in [-0.05, 0) is 30.5 Å². The lowest BCUT2D eigenvalue weighted by molar-refractivity contribution is -0.137. The second-order valence-corrected chi connectivity index (χ2v) is 6.78. The van der Waals surface area contributed by atoms with Crippen LogP contribution in [-0.4, -0.2) is 29.8 Å². The lowest BCUT2D eigenvalue weighted by Crippen LogP contribution is -2.37. The summed E-state index contributed by atoms with van der Waals surface area (Å²) >= 11 is 0. The third-order valence-corrected chi connectivity index (χ3v) is 4.41. The fraction of sp³-hybridized carbons (Fsp3) is 0.273. The summed E-state index contributed by atoms with van der Waals surface area (Å²) in [5, 5.41) is 0. The number of para-hydroxylation sites is 1. The number of nitrogens with zero attached hydrogens (tertiary/aromatic N) is 2. The summed E-state index contributed by atoms with van der Waals surface area (Å²) in [7, 11) is 0. The van der Waals surface area contributed by atoms with Gasteiger partial charge in [0, 0.05) is 18.8 Å². The molecule has 4 nitrogen and oxygen atoms in total. The molecule has 0 fully saturated rings. The van der Waals surface area contributed by atoms with Crippen molar-refractivity contribution in [2.75, 3.05) is 18.0 Å². The maximum absolute atomic E-state index is 13.2. The molecule has 3 rings (SSSR count). The van der Waals surface area contributed by atoms with E-state index in [-0.39, 0.29) is 17.7 Å². The molecule has 26 heavy (non-hydrogen) atoms. The van der Waals surface area contributed by atoms with Crippen LogP contribution in [0, 0.1) is 5.92 Å². The van der Waals surface area contributed by atoms with E-state index in [1.165, 1.54) is 4.90 Å². The van der Waals surface area contributed by atoms with Crippen LogP contribution in [0.25, 0.3) is 5.57 Å². The smallest absolute Gasteiger partial charge is 0.278 e. The van der Waals surface area contributed by atoms with Gasteiger partial charge in [0.15, 0.2) is 0 Å². The molecule has 0 aromatic heterocycles. The molecule has 0 N–H and O–H groups in total. The number of rotatable bonds is 6. The highest BCUT2D eigenvalue weighted by molar-refractivity contribution is 6.36. The van der Waals surface area contributed by atoms with Crippen LogP contribution in [0.4, 0.5) is 5.69 Å². The van der Waals surface area contributed by atoms with E-state index >= 15 is 0 Å². The molecule has 0 spiro atoms. The van der Waals surface area contributed by atoms with Gasteiger partial charge in [0.05, 0.1) is 5.57 Å². The number of hydrogen-bond donors (Lipinski definition) is 0. The maximum Gasteiger partial charge on any atom is 0.278 e. The van der Waals surface area contributed by atoms with Crippen molar-refractivity contribution >= 4 is 23.1 Å². The van der Waals surface area contributed by atoms with Crippen LogP contribution < -0.4 is 4.90 Å². The van der Waals surface area contributed by atoms with E-state index in [0.29, 0.717) is 24.4 Å². The first kappa shape index (κ1) is 17.9. The van der Waals surface area contributed by atoms with Crippen molar-refractivity contribution in [1.29, 1.82) is 0 Å². The summed E-state index contributed by atoms with van der Waals surface area (Å²) in [5.74, 6) is -0.210. The summed E-state index contributed by atoms with van der Waals surface area (Å²) in [6.45, 7) is 7.03. The third-order valence-electron chi connectivity index (χ3n) is 4.41. The molecule has 1 aliphatic heterocycles. The predicted octanol–water partition coefficient (Wildman–Crippen LogP) is 3.95. The van der Waals surface area contributed by atoms with Crippen molar-refractivity contribution in [3.8, 4) is 0 Å². The standard InChI is InChI=1S/C22H24N2O2/c1-4-23(18-13-9-6-10-14-18)20-19(17-11-7-5-8-12-17)21(25)24(22(20)26)15-16(2)3/h5-14,16H,4,15H2,1-3H3. The second-order valence-electron chi connectivity index (χ2n) is 6.78. The highest BCUT2D eigenvalue weighted by Crippen LogP contribution is 2.34. The molecule has 2 aromatic carbocycles. The van der Waals surface area contributed by atoms with Gasteiger partial charge in [-0.3, -0.25) is 14.5 Å². The zero-order valence-electron chi connectivity index (χ0n) is 15.5. The van der Waals surface area contributed by atoms with Crippen LogP contribution in [0.15, 0.2) is 66.4 Å². The van der Waals surface area contributed by atoms with E-state index in [2.05, 4.69) is 0 Å². The van der Waals surface area contributed by atoms with Gasteiger partial charge in [-0.1, -0.05) is 62.4 Å². The van der Waals surface area contributed by atoms with Gasteiger partial charge >= 0.3 is 0 Å². The number of hydrogen-bond acceptors (Lipinski definition) is 3. The predicted molar refractivity (Wildman–Crippen MR) is 104 cm³/mol. The highest BCUT2D eigenvalue weighted by Gasteiger charge is 2.41. The number of benzene rings is 2. The number of amides is 2. The van der Waals surface area contributed by atoms with E-state index < -0.39 is 0 Å². The van der Waals surface area contributed by atoms with Crippen LogP contribution in [-0.2, 0) is 9.59 Å². The Kier molecular flexibility index (Phi) is 5.21. The fourth-order valence-electron chi connectivity index (χ4n) is 3.29. The van der Waals surface area contributed by atoms with E-state index in [1.807, 2.05) is 86.3 Å². The molecule has 0 radical (unpaired) electrons. The molecule has 2 amide bonds. The van der Waals surface area contributed by atoms with Gasteiger partial charge in [-0.15, -0.1) is 0 Å². The van der Waals surface area contributed by atoms with Crippen LogP contribution in [0.3, 0.4) is 0 Å². The number of carbonyl (C=O) groups is 2.